The van der Waals surface area contributed by atoms with Gasteiger partial charge in [-0.15, -0.1) is 0 Å². The first-order valence-corrected chi connectivity index (χ1v) is 23.4. The van der Waals surface area contributed by atoms with Crippen molar-refractivity contribution in [2.75, 3.05) is 85.1 Å². The van der Waals surface area contributed by atoms with Crippen LogP contribution in [0.1, 0.15) is 46.2 Å². The third kappa shape index (κ3) is 17.3. The number of rotatable bonds is 21. The summed E-state index contributed by atoms with van der Waals surface area (Å²) in [7, 11) is -4.70. The summed E-state index contributed by atoms with van der Waals surface area (Å²) < 4.78 is 24.1. The Hall–Kier alpha value is -6.00. The van der Waals surface area contributed by atoms with Crippen LogP contribution in [-0.2, 0) is 39.6 Å². The Bertz CT molecular complexity index is 2300. The number of nitrogens with one attached hydrogen (secondary N) is 2. The van der Waals surface area contributed by atoms with E-state index in [1.54, 1.807) is 27.7 Å². The second-order valence-corrected chi connectivity index (χ2v) is 18.2. The smallest absolute Gasteiger partial charge is 0.508 e. The summed E-state index contributed by atoms with van der Waals surface area (Å²) in [6.07, 6.45) is -0.0809. The number of nitrogens with zero attached hydrogens (tertiary/aromatic N) is 5. The Balaban J connectivity index is 1.53. The molecular formula is C45H62N7O15P. The van der Waals surface area contributed by atoms with Gasteiger partial charge in [-0.1, -0.05) is 17.7 Å². The Morgan fingerprint density at radius 1 is 0.750 bits per heavy atom. The number of phenols is 1. The Morgan fingerprint density at radius 3 is 1.79 bits per heavy atom. The van der Waals surface area contributed by atoms with Gasteiger partial charge in [-0.25, -0.2) is 4.57 Å². The van der Waals surface area contributed by atoms with Crippen LogP contribution in [0.15, 0.2) is 42.5 Å². The van der Waals surface area contributed by atoms with Gasteiger partial charge in [0.15, 0.2) is 0 Å². The molecule has 372 valence electrons. The number of nitro groups is 1. The molecule has 1 unspecified atom stereocenters. The van der Waals surface area contributed by atoms with Gasteiger partial charge in [0.05, 0.1) is 24.6 Å². The summed E-state index contributed by atoms with van der Waals surface area (Å²) in [5, 5.41) is 55.6. The normalized spacial score (nSPS) is 16.1. The lowest BCUT2D eigenvalue weighted by atomic mass is 9.90. The molecule has 0 bridgehead atoms. The second kappa shape index (κ2) is 25.4. The number of carboxylic acids is 3. The van der Waals surface area contributed by atoms with Crippen LogP contribution in [0, 0.1) is 44.7 Å². The van der Waals surface area contributed by atoms with E-state index >= 15 is 0 Å². The van der Waals surface area contributed by atoms with Gasteiger partial charge in [0.25, 0.3) is 5.69 Å². The van der Waals surface area contributed by atoms with Gasteiger partial charge in [-0.2, -0.15) is 0 Å². The number of hydrogen-bond donors (Lipinski definition) is 7. The summed E-state index contributed by atoms with van der Waals surface area (Å²) in [6.45, 7) is 8.40. The molecule has 2 amide bonds. The highest BCUT2D eigenvalue weighted by molar-refractivity contribution is 7.47. The molecule has 3 aromatic carbocycles. The molecule has 1 saturated heterocycles. The number of aliphatic carboxylic acids is 3. The molecule has 2 atom stereocenters. The number of carbonyl (C=O) groups is 5. The molecule has 0 saturated carbocycles. The number of aromatic hydroxyl groups is 1. The lowest BCUT2D eigenvalue weighted by molar-refractivity contribution is -0.385. The molecule has 0 spiro atoms. The molecule has 23 heteroatoms. The summed E-state index contributed by atoms with van der Waals surface area (Å²) in [6, 6.07) is 10.1. The molecule has 0 radical (unpaired) electrons. The Morgan fingerprint density at radius 2 is 1.28 bits per heavy atom. The van der Waals surface area contributed by atoms with Crippen LogP contribution in [-0.4, -0.2) is 171 Å². The number of carboxylic acid groups (broad SMARTS) is 3. The van der Waals surface area contributed by atoms with Crippen molar-refractivity contribution in [1.29, 1.82) is 0 Å². The summed E-state index contributed by atoms with van der Waals surface area (Å²) >= 11 is 0. The molecule has 68 heavy (non-hydrogen) atoms. The van der Waals surface area contributed by atoms with Gasteiger partial charge in [-0.3, -0.25) is 63.1 Å². The van der Waals surface area contributed by atoms with Crippen LogP contribution in [0.4, 0.5) is 5.69 Å². The van der Waals surface area contributed by atoms with Crippen molar-refractivity contribution in [2.24, 2.45) is 0 Å². The number of phenolic OH excluding ortho intramolecular Hbond substituents is 1. The molecule has 1 heterocycles. The lowest BCUT2D eigenvalue weighted by Crippen LogP contribution is -2.52. The highest BCUT2D eigenvalue weighted by atomic mass is 31.2. The van der Waals surface area contributed by atoms with E-state index in [4.69, 9.17) is 19.3 Å². The minimum atomic E-state index is -4.70. The van der Waals surface area contributed by atoms with Crippen molar-refractivity contribution in [3.05, 3.63) is 86.0 Å². The summed E-state index contributed by atoms with van der Waals surface area (Å²) in [5.41, 5.74) is 6.71. The van der Waals surface area contributed by atoms with Crippen molar-refractivity contribution in [3.8, 4) is 22.6 Å². The minimum absolute atomic E-state index is 0.00565. The predicted octanol–water partition coefficient (Wildman–Crippen LogP) is 3.06. The van der Waals surface area contributed by atoms with Gasteiger partial charge >= 0.3 is 25.7 Å². The van der Waals surface area contributed by atoms with E-state index in [0.29, 0.717) is 5.56 Å². The van der Waals surface area contributed by atoms with E-state index in [2.05, 4.69) is 22.8 Å². The first kappa shape index (κ1) is 54.6. The van der Waals surface area contributed by atoms with Crippen molar-refractivity contribution >= 4 is 43.2 Å². The van der Waals surface area contributed by atoms with Crippen LogP contribution >= 0.6 is 7.82 Å². The molecule has 7 N–H and O–H groups in total. The minimum Gasteiger partial charge on any atom is -0.508 e. The zero-order chi connectivity index (χ0) is 50.3. The van der Waals surface area contributed by atoms with Gasteiger partial charge < -0.3 is 35.6 Å². The third-order valence-electron chi connectivity index (χ3n) is 11.4. The van der Waals surface area contributed by atoms with Crippen LogP contribution < -0.4 is 15.2 Å². The van der Waals surface area contributed by atoms with Gasteiger partial charge in [0, 0.05) is 76.6 Å². The van der Waals surface area contributed by atoms with E-state index < -0.39 is 61.6 Å². The fraction of sp³-hybridized carbons (Fsp3) is 0.489. The number of phosphoric acid groups is 1. The highest BCUT2D eigenvalue weighted by Gasteiger charge is 2.30. The second-order valence-electron chi connectivity index (χ2n) is 16.9. The molecule has 3 aromatic rings. The first-order chi connectivity index (χ1) is 32.0. The fourth-order valence-corrected chi connectivity index (χ4v) is 8.95. The largest absolute Gasteiger partial charge is 0.527 e. The molecule has 4 rings (SSSR count). The Labute approximate surface area is 394 Å². The Kier molecular flexibility index (Phi) is 20.4. The molecule has 1 aliphatic rings. The summed E-state index contributed by atoms with van der Waals surface area (Å²) in [5.74, 6) is -5.04. The molecule has 1 fully saturated rings. The van der Waals surface area contributed by atoms with Gasteiger partial charge in [0.1, 0.15) is 30.6 Å². The topological polar surface area (TPSA) is 302 Å². The van der Waals surface area contributed by atoms with Crippen molar-refractivity contribution in [2.45, 2.75) is 60.0 Å². The number of benzene rings is 3. The third-order valence-corrected chi connectivity index (χ3v) is 12.4. The van der Waals surface area contributed by atoms with Crippen molar-refractivity contribution < 1.29 is 67.8 Å². The van der Waals surface area contributed by atoms with E-state index in [-0.39, 0.29) is 114 Å². The van der Waals surface area contributed by atoms with Crippen LogP contribution in [0.5, 0.6) is 11.5 Å². The molecular weight excluding hydrogens is 910 g/mol. The highest BCUT2D eigenvalue weighted by Crippen LogP contribution is 2.46. The molecule has 0 aliphatic carbocycles. The standard InChI is InChI=1S/C45H62N7O15P/c1-29-19-32(4)44(33(5)20-29)36-21-31(3)39(22-30(36)2)67-68(64,65)66-18-6-7-37(45(60)61)51-16-14-49(27-40(54)46-24-42(56)57)12-10-48(26-34-23-35(52(62)63)8-9-38(34)53)11-13-50(15-17-51)28-41(55)47-25-43(58)59/h8-9,19-23,37,53H,6-7,10-18,24-28H2,1-5H3,(H,46,54)(H,47,55)(H,56,57)(H,58,59)(H,60,61)(H,64,65)/t37-/m1/s1. The molecule has 0 aromatic heterocycles. The van der Waals surface area contributed by atoms with Crippen molar-refractivity contribution in [1.82, 2.24) is 30.2 Å². The van der Waals surface area contributed by atoms with Gasteiger partial charge in [-0.05, 0) is 99.0 Å². The van der Waals surface area contributed by atoms with Gasteiger partial charge in [0.2, 0.25) is 11.8 Å². The number of hydrogen-bond acceptors (Lipinski definition) is 15. The zero-order valence-corrected chi connectivity index (χ0v) is 39.8. The lowest BCUT2D eigenvalue weighted by Gasteiger charge is -2.36. The average molecular weight is 972 g/mol. The monoisotopic (exact) mass is 971 g/mol. The maximum absolute atomic E-state index is 13.2. The molecule has 1 aliphatic heterocycles. The zero-order valence-electron chi connectivity index (χ0n) is 38.9. The predicted molar refractivity (Wildman–Crippen MR) is 248 cm³/mol. The number of aryl methyl sites for hydroxylation is 5. The number of non-ortho nitro benzene ring substituents is 1. The average Bonchev–Trinajstić information content (AvgIpc) is 3.24. The maximum atomic E-state index is 13.2. The quantitative estimate of drug-likeness (QED) is 0.0349. The number of nitro benzene ring substituents is 1. The van der Waals surface area contributed by atoms with E-state index in [1.165, 1.54) is 12.1 Å². The summed E-state index contributed by atoms with van der Waals surface area (Å²) in [4.78, 5) is 89.7. The first-order valence-electron chi connectivity index (χ1n) is 22.0. The fourth-order valence-electron chi connectivity index (χ4n) is 8.09. The van der Waals surface area contributed by atoms with E-state index in [9.17, 15) is 53.8 Å². The van der Waals surface area contributed by atoms with E-state index in [1.807, 2.05) is 38.7 Å². The molecule has 22 nitrogen and oxygen atoms in total. The number of amides is 2. The van der Waals surface area contributed by atoms with Crippen LogP contribution in [0.2, 0.25) is 0 Å². The number of carbonyl (C=O) groups excluding carboxylic acids is 2. The number of phosphoric ester groups is 1. The van der Waals surface area contributed by atoms with Crippen LogP contribution in [0.25, 0.3) is 11.1 Å². The van der Waals surface area contributed by atoms with Crippen molar-refractivity contribution in [3.63, 3.8) is 0 Å². The SMILES string of the molecule is Cc1cc(C)c(-c2cc(C)c(OP(=O)(O)OCCC[C@H](C(=O)O)N3CCN(CC(=O)NCC(=O)O)CCN(Cc4cc([N+](=O)[O-])ccc4O)CCN(CC(=O)NCC(=O)O)CC3)cc2C)c(C)c1. The van der Waals surface area contributed by atoms with E-state index in [0.717, 1.165) is 39.4 Å². The van der Waals surface area contributed by atoms with Crippen LogP contribution in [0.3, 0.4) is 0 Å². The maximum Gasteiger partial charge on any atom is 0.527 e.